The first-order valence-corrected chi connectivity index (χ1v) is 9.40. The minimum Gasteiger partial charge on any atom is -0.504 e. The number of benzene rings is 2. The molecule has 6 N–H and O–H groups in total. The summed E-state index contributed by atoms with van der Waals surface area (Å²) < 4.78 is 21.2. The second-order valence-electron chi connectivity index (χ2n) is 7.55. The van der Waals surface area contributed by atoms with Gasteiger partial charge in [0.25, 0.3) is 0 Å². The van der Waals surface area contributed by atoms with Gasteiger partial charge in [0.1, 0.15) is 18.3 Å². The van der Waals surface area contributed by atoms with Crippen LogP contribution in [-0.2, 0) is 4.74 Å². The fraction of sp³-hybridized carbons (Fsp3) is 0.300. The Labute approximate surface area is 176 Å². The van der Waals surface area contributed by atoms with Crippen molar-refractivity contribution in [2.24, 2.45) is 0 Å². The van der Waals surface area contributed by atoms with Crippen molar-refractivity contribution in [1.82, 2.24) is 0 Å². The van der Waals surface area contributed by atoms with Crippen LogP contribution >= 0.6 is 0 Å². The minimum absolute atomic E-state index is 0.0621. The number of rotatable bonds is 2. The zero-order valence-corrected chi connectivity index (χ0v) is 16.2. The fourth-order valence-electron chi connectivity index (χ4n) is 3.91. The standard InChI is InChI=1S/C20H16O12/c1-4-11(23)13(25)14(26)20(29-4)32-15-8(22)3-6-10-9-5(19(28)31-17(10)15)2-7(21)12(24)16(9)30-18(6)27/h2-4,11,13-14,20-26H,1H3/t4-,11-,13+,14+,20-/m0/s1. The quantitative estimate of drug-likeness (QED) is 0.134. The molecule has 5 atom stereocenters. The molecule has 1 aliphatic heterocycles. The zero-order valence-electron chi connectivity index (χ0n) is 16.2. The van der Waals surface area contributed by atoms with Gasteiger partial charge in [-0.2, -0.15) is 0 Å². The molecule has 12 heteroatoms. The molecule has 0 radical (unpaired) electrons. The topological polar surface area (TPSA) is 200 Å². The van der Waals surface area contributed by atoms with Gasteiger partial charge < -0.3 is 48.9 Å². The summed E-state index contributed by atoms with van der Waals surface area (Å²) in [6, 6.07) is 1.90. The summed E-state index contributed by atoms with van der Waals surface area (Å²) in [7, 11) is 0. The number of phenols is 3. The first-order valence-electron chi connectivity index (χ1n) is 9.40. The number of hydrogen-bond donors (Lipinski definition) is 6. The molecule has 12 nitrogen and oxygen atoms in total. The molecule has 0 saturated carbocycles. The van der Waals surface area contributed by atoms with Crippen molar-refractivity contribution in [2.45, 2.75) is 37.6 Å². The van der Waals surface area contributed by atoms with Gasteiger partial charge in [-0.25, -0.2) is 9.59 Å². The summed E-state index contributed by atoms with van der Waals surface area (Å²) in [6.07, 6.45) is -7.33. The van der Waals surface area contributed by atoms with Gasteiger partial charge in [-0.1, -0.05) is 0 Å². The van der Waals surface area contributed by atoms with Crippen LogP contribution < -0.4 is 16.0 Å². The highest BCUT2D eigenvalue weighted by atomic mass is 16.7. The molecular weight excluding hydrogens is 432 g/mol. The molecule has 2 aromatic heterocycles. The van der Waals surface area contributed by atoms with Crippen LogP contribution in [0.15, 0.2) is 30.6 Å². The molecule has 168 valence electrons. The van der Waals surface area contributed by atoms with E-state index in [1.54, 1.807) is 0 Å². The third-order valence-corrected chi connectivity index (χ3v) is 5.57. The summed E-state index contributed by atoms with van der Waals surface area (Å²) >= 11 is 0. The second-order valence-corrected chi connectivity index (χ2v) is 7.55. The molecular formula is C20H16O12. The lowest BCUT2D eigenvalue weighted by Crippen LogP contribution is -2.58. The summed E-state index contributed by atoms with van der Waals surface area (Å²) in [5.41, 5.74) is -2.93. The number of ether oxygens (including phenoxy) is 2. The van der Waals surface area contributed by atoms with Crippen LogP contribution in [0.4, 0.5) is 0 Å². The number of aliphatic hydroxyl groups excluding tert-OH is 3. The van der Waals surface area contributed by atoms with E-state index in [1.165, 1.54) is 6.92 Å². The van der Waals surface area contributed by atoms with Gasteiger partial charge in [-0.15, -0.1) is 0 Å². The summed E-state index contributed by atoms with van der Waals surface area (Å²) in [6.45, 7) is 1.42. The summed E-state index contributed by atoms with van der Waals surface area (Å²) in [5, 5.41) is 60.0. The number of aromatic hydroxyl groups is 3. The second kappa shape index (κ2) is 6.71. The van der Waals surface area contributed by atoms with Gasteiger partial charge >= 0.3 is 11.3 Å². The van der Waals surface area contributed by atoms with Gasteiger partial charge in [0.05, 0.1) is 16.9 Å². The Morgan fingerprint density at radius 3 is 2.03 bits per heavy atom. The van der Waals surface area contributed by atoms with Crippen molar-refractivity contribution >= 4 is 32.7 Å². The minimum atomic E-state index is -1.74. The molecule has 0 bridgehead atoms. The van der Waals surface area contributed by atoms with Crippen LogP contribution in [0, 0.1) is 0 Å². The third kappa shape index (κ3) is 2.64. The molecule has 0 spiro atoms. The number of phenolic OH excluding ortho intramolecular Hbond substituents is 3. The maximum absolute atomic E-state index is 12.6. The predicted molar refractivity (Wildman–Crippen MR) is 105 cm³/mol. The van der Waals surface area contributed by atoms with Crippen molar-refractivity contribution in [3.8, 4) is 23.0 Å². The van der Waals surface area contributed by atoms with E-state index in [-0.39, 0.29) is 21.5 Å². The Bertz CT molecular complexity index is 1480. The lowest BCUT2D eigenvalue weighted by atomic mass is 10.00. The van der Waals surface area contributed by atoms with Crippen LogP contribution in [0.5, 0.6) is 23.0 Å². The zero-order chi connectivity index (χ0) is 23.1. The Morgan fingerprint density at radius 1 is 0.812 bits per heavy atom. The average Bonchev–Trinajstić information content (AvgIpc) is 2.75. The lowest BCUT2D eigenvalue weighted by Gasteiger charge is -2.38. The molecule has 0 amide bonds. The van der Waals surface area contributed by atoms with Crippen LogP contribution in [0.25, 0.3) is 32.7 Å². The molecule has 5 rings (SSSR count). The largest absolute Gasteiger partial charge is 0.504 e. The molecule has 4 aromatic rings. The van der Waals surface area contributed by atoms with Crippen molar-refractivity contribution < 1.29 is 48.9 Å². The van der Waals surface area contributed by atoms with Crippen LogP contribution in [0.2, 0.25) is 0 Å². The number of hydrogen-bond acceptors (Lipinski definition) is 12. The summed E-state index contributed by atoms with van der Waals surface area (Å²) in [5.74, 6) is -2.68. The Balaban J connectivity index is 1.81. The fourth-order valence-corrected chi connectivity index (χ4v) is 3.91. The lowest BCUT2D eigenvalue weighted by molar-refractivity contribution is -0.268. The van der Waals surface area contributed by atoms with E-state index in [0.29, 0.717) is 0 Å². The highest BCUT2D eigenvalue weighted by molar-refractivity contribution is 6.22. The van der Waals surface area contributed by atoms with Crippen molar-refractivity contribution in [3.63, 3.8) is 0 Å². The van der Waals surface area contributed by atoms with Gasteiger partial charge in [0, 0.05) is 10.8 Å². The van der Waals surface area contributed by atoms with Gasteiger partial charge in [0.15, 0.2) is 22.7 Å². The first-order chi connectivity index (χ1) is 15.1. The van der Waals surface area contributed by atoms with Gasteiger partial charge in [0.2, 0.25) is 17.8 Å². The monoisotopic (exact) mass is 448 g/mol. The molecule has 0 unspecified atom stereocenters. The Kier molecular flexibility index (Phi) is 4.26. The first kappa shape index (κ1) is 20.3. The van der Waals surface area contributed by atoms with Crippen LogP contribution in [-0.4, -0.2) is 61.3 Å². The van der Waals surface area contributed by atoms with E-state index in [9.17, 15) is 40.2 Å². The van der Waals surface area contributed by atoms with E-state index in [0.717, 1.165) is 12.1 Å². The SMILES string of the molecule is C[C@@H]1O[C@@H](Oc2c(O)cc3c(=O)oc4c(O)c(O)cc5c(=O)oc2c3c45)[C@H](O)[C@H](O)[C@H]1O. The maximum atomic E-state index is 12.6. The highest BCUT2D eigenvalue weighted by Crippen LogP contribution is 2.45. The van der Waals surface area contributed by atoms with Gasteiger partial charge in [-0.3, -0.25) is 0 Å². The van der Waals surface area contributed by atoms with E-state index in [4.69, 9.17) is 18.3 Å². The molecule has 2 aromatic carbocycles. The van der Waals surface area contributed by atoms with E-state index in [2.05, 4.69) is 0 Å². The molecule has 3 heterocycles. The summed E-state index contributed by atoms with van der Waals surface area (Å²) in [4.78, 5) is 25.1. The molecule has 1 aliphatic rings. The predicted octanol–water partition coefficient (Wildman–Crippen LogP) is -0.187. The van der Waals surface area contributed by atoms with Crippen molar-refractivity contribution in [2.75, 3.05) is 0 Å². The normalized spacial score (nSPS) is 26.3. The van der Waals surface area contributed by atoms with Crippen molar-refractivity contribution in [1.29, 1.82) is 0 Å². The Morgan fingerprint density at radius 2 is 1.38 bits per heavy atom. The van der Waals surface area contributed by atoms with E-state index >= 15 is 0 Å². The Hall–Kier alpha value is -3.58. The number of aliphatic hydroxyl groups is 3. The van der Waals surface area contributed by atoms with Crippen LogP contribution in [0.3, 0.4) is 0 Å². The highest BCUT2D eigenvalue weighted by Gasteiger charge is 2.44. The van der Waals surface area contributed by atoms with E-state index in [1.807, 2.05) is 0 Å². The van der Waals surface area contributed by atoms with E-state index < -0.39 is 76.1 Å². The average molecular weight is 448 g/mol. The smallest absolute Gasteiger partial charge is 0.344 e. The third-order valence-electron chi connectivity index (χ3n) is 5.57. The van der Waals surface area contributed by atoms with Crippen LogP contribution in [0.1, 0.15) is 6.92 Å². The maximum Gasteiger partial charge on any atom is 0.344 e. The molecule has 1 fully saturated rings. The molecule has 0 aliphatic carbocycles. The molecule has 32 heavy (non-hydrogen) atoms. The van der Waals surface area contributed by atoms with Crippen molar-refractivity contribution in [3.05, 3.63) is 33.0 Å². The molecule has 1 saturated heterocycles. The van der Waals surface area contributed by atoms with Gasteiger partial charge in [-0.05, 0) is 19.1 Å².